The lowest BCUT2D eigenvalue weighted by Crippen LogP contribution is -2.34. The summed E-state index contributed by atoms with van der Waals surface area (Å²) in [6.07, 6.45) is -4.55. The Labute approximate surface area is 195 Å². The van der Waals surface area contributed by atoms with Crippen LogP contribution in [-0.4, -0.2) is 21.6 Å². The molecule has 4 rings (SSSR count). The van der Waals surface area contributed by atoms with Crippen LogP contribution in [0.5, 0.6) is 0 Å². The van der Waals surface area contributed by atoms with Crippen LogP contribution in [0.2, 0.25) is 0 Å². The molecule has 1 heterocycles. The van der Waals surface area contributed by atoms with Gasteiger partial charge in [0.2, 0.25) is 5.91 Å². The first kappa shape index (κ1) is 23.5. The predicted octanol–water partition coefficient (Wildman–Crippen LogP) is 3.60. The minimum atomic E-state index is -4.55. The average molecular weight is 482 g/mol. The summed E-state index contributed by atoms with van der Waals surface area (Å²) in [4.78, 5) is 49.8. The van der Waals surface area contributed by atoms with Gasteiger partial charge in [-0.25, -0.2) is 4.68 Å². The SMILES string of the molecule is O=C(Cn1[nH]c(=O)c2ccccc2c1=O)Nc1cccc(C(=O)Nc2cccc(C(F)(F)F)c2)c1. The van der Waals surface area contributed by atoms with E-state index < -0.39 is 41.2 Å². The van der Waals surface area contributed by atoms with Gasteiger partial charge in [-0.1, -0.05) is 24.3 Å². The number of halogens is 3. The molecule has 3 aromatic carbocycles. The van der Waals surface area contributed by atoms with Gasteiger partial charge in [0.15, 0.2) is 0 Å². The third-order valence-electron chi connectivity index (χ3n) is 5.04. The van der Waals surface area contributed by atoms with Gasteiger partial charge in [0.05, 0.1) is 16.3 Å². The summed E-state index contributed by atoms with van der Waals surface area (Å²) in [7, 11) is 0. The van der Waals surface area contributed by atoms with Gasteiger partial charge in [0, 0.05) is 16.9 Å². The van der Waals surface area contributed by atoms with Crippen molar-refractivity contribution in [3.8, 4) is 0 Å². The first-order valence-corrected chi connectivity index (χ1v) is 10.2. The van der Waals surface area contributed by atoms with Gasteiger partial charge in [-0.05, 0) is 48.5 Å². The Morgan fingerprint density at radius 1 is 0.829 bits per heavy atom. The topological polar surface area (TPSA) is 113 Å². The quantitative estimate of drug-likeness (QED) is 0.403. The van der Waals surface area contributed by atoms with E-state index in [9.17, 15) is 32.3 Å². The van der Waals surface area contributed by atoms with Crippen molar-refractivity contribution in [2.45, 2.75) is 12.7 Å². The number of rotatable bonds is 5. The second-order valence-corrected chi connectivity index (χ2v) is 7.54. The zero-order valence-corrected chi connectivity index (χ0v) is 17.8. The Hall–Kier alpha value is -4.67. The molecule has 178 valence electrons. The Balaban J connectivity index is 1.48. The van der Waals surface area contributed by atoms with Crippen LogP contribution in [0.25, 0.3) is 10.8 Å². The number of alkyl halides is 3. The number of carbonyl (C=O) groups is 2. The summed E-state index contributed by atoms with van der Waals surface area (Å²) in [6.45, 7) is -0.487. The van der Waals surface area contributed by atoms with Crippen molar-refractivity contribution in [1.82, 2.24) is 9.78 Å². The van der Waals surface area contributed by atoms with Crippen LogP contribution in [-0.2, 0) is 17.5 Å². The second-order valence-electron chi connectivity index (χ2n) is 7.54. The number of aromatic nitrogens is 2. The summed E-state index contributed by atoms with van der Waals surface area (Å²) in [5.74, 6) is -1.33. The first-order valence-electron chi connectivity index (χ1n) is 10.2. The van der Waals surface area contributed by atoms with Crippen LogP contribution in [0.15, 0.2) is 82.4 Å². The fourth-order valence-electron chi connectivity index (χ4n) is 3.42. The molecule has 4 aromatic rings. The summed E-state index contributed by atoms with van der Waals surface area (Å²) in [5, 5.41) is 7.63. The molecule has 0 spiro atoms. The zero-order chi connectivity index (χ0) is 25.2. The van der Waals surface area contributed by atoms with Crippen LogP contribution in [0.3, 0.4) is 0 Å². The Morgan fingerprint density at radius 3 is 2.20 bits per heavy atom. The summed E-state index contributed by atoms with van der Waals surface area (Å²) in [5.41, 5.74) is -1.73. The average Bonchev–Trinajstić information content (AvgIpc) is 2.82. The van der Waals surface area contributed by atoms with Gasteiger partial charge in [-0.3, -0.25) is 24.3 Å². The first-order chi connectivity index (χ1) is 16.6. The van der Waals surface area contributed by atoms with Gasteiger partial charge < -0.3 is 10.6 Å². The summed E-state index contributed by atoms with van der Waals surface area (Å²) >= 11 is 0. The van der Waals surface area contributed by atoms with Crippen molar-refractivity contribution in [1.29, 1.82) is 0 Å². The molecule has 35 heavy (non-hydrogen) atoms. The molecule has 0 radical (unpaired) electrons. The van der Waals surface area contributed by atoms with E-state index in [1.807, 2.05) is 0 Å². The number of fused-ring (bicyclic) bond motifs is 1. The van der Waals surface area contributed by atoms with E-state index in [-0.39, 0.29) is 27.7 Å². The highest BCUT2D eigenvalue weighted by atomic mass is 19.4. The molecule has 0 aliphatic heterocycles. The molecular weight excluding hydrogens is 465 g/mol. The van der Waals surface area contributed by atoms with E-state index in [4.69, 9.17) is 0 Å². The molecule has 0 bridgehead atoms. The molecule has 8 nitrogen and oxygen atoms in total. The smallest absolute Gasteiger partial charge is 0.324 e. The van der Waals surface area contributed by atoms with E-state index in [0.717, 1.165) is 16.8 Å². The molecule has 0 saturated carbocycles. The van der Waals surface area contributed by atoms with Crippen molar-refractivity contribution < 1.29 is 22.8 Å². The van der Waals surface area contributed by atoms with E-state index in [2.05, 4.69) is 15.7 Å². The number of hydrogen-bond donors (Lipinski definition) is 3. The molecule has 0 atom stereocenters. The lowest BCUT2D eigenvalue weighted by molar-refractivity contribution is -0.137. The monoisotopic (exact) mass is 482 g/mol. The number of hydrogen-bond acceptors (Lipinski definition) is 4. The molecule has 3 N–H and O–H groups in total. The normalized spacial score (nSPS) is 11.3. The number of amides is 2. The number of nitrogens with one attached hydrogen (secondary N) is 3. The number of benzene rings is 3. The zero-order valence-electron chi connectivity index (χ0n) is 17.8. The summed E-state index contributed by atoms with van der Waals surface area (Å²) in [6, 6.07) is 16.1. The maximum Gasteiger partial charge on any atom is 0.416 e. The van der Waals surface area contributed by atoms with Crippen LogP contribution < -0.4 is 21.8 Å². The van der Waals surface area contributed by atoms with Crippen molar-refractivity contribution in [3.63, 3.8) is 0 Å². The highest BCUT2D eigenvalue weighted by Gasteiger charge is 2.30. The molecule has 0 aliphatic rings. The fraction of sp³-hybridized carbons (Fsp3) is 0.0833. The van der Waals surface area contributed by atoms with Gasteiger partial charge in [-0.15, -0.1) is 0 Å². The maximum atomic E-state index is 12.9. The van der Waals surface area contributed by atoms with Crippen LogP contribution in [0, 0.1) is 0 Å². The van der Waals surface area contributed by atoms with Crippen LogP contribution in [0.1, 0.15) is 15.9 Å². The number of aromatic amines is 1. The third-order valence-corrected chi connectivity index (χ3v) is 5.04. The molecule has 0 saturated heterocycles. The molecule has 1 aromatic heterocycles. The predicted molar refractivity (Wildman–Crippen MR) is 123 cm³/mol. The standard InChI is InChI=1S/C24H17F3N4O4/c25-24(26,27)15-6-4-8-17(12-15)29-21(33)14-5-3-7-16(11-14)28-20(32)13-31-23(35)19-10-2-1-9-18(19)22(34)30-31/h1-12H,13H2,(H,28,32)(H,29,33)(H,30,34). The van der Waals surface area contributed by atoms with Crippen molar-refractivity contribution in [2.24, 2.45) is 0 Å². The van der Waals surface area contributed by atoms with Crippen molar-refractivity contribution in [2.75, 3.05) is 10.6 Å². The molecule has 2 amide bonds. The third kappa shape index (κ3) is 5.29. The fourth-order valence-corrected chi connectivity index (χ4v) is 3.42. The van der Waals surface area contributed by atoms with Gasteiger partial charge in [0.25, 0.3) is 17.0 Å². The molecule has 11 heteroatoms. The minimum Gasteiger partial charge on any atom is -0.324 e. The van der Waals surface area contributed by atoms with Gasteiger partial charge >= 0.3 is 6.18 Å². The van der Waals surface area contributed by atoms with E-state index in [0.29, 0.717) is 0 Å². The van der Waals surface area contributed by atoms with Crippen molar-refractivity contribution in [3.05, 3.63) is 105 Å². The minimum absolute atomic E-state index is 0.0427. The number of anilines is 2. The Bertz CT molecular complexity index is 1560. The van der Waals surface area contributed by atoms with Crippen molar-refractivity contribution >= 4 is 34.0 Å². The van der Waals surface area contributed by atoms with Crippen LogP contribution in [0.4, 0.5) is 24.5 Å². The number of carbonyl (C=O) groups excluding carboxylic acids is 2. The Kier molecular flexibility index (Phi) is 6.24. The maximum absolute atomic E-state index is 12.9. The van der Waals surface area contributed by atoms with E-state index >= 15 is 0 Å². The highest BCUT2D eigenvalue weighted by Crippen LogP contribution is 2.30. The Morgan fingerprint density at radius 2 is 1.49 bits per heavy atom. The van der Waals surface area contributed by atoms with Gasteiger partial charge in [-0.2, -0.15) is 13.2 Å². The van der Waals surface area contributed by atoms with Crippen LogP contribution >= 0.6 is 0 Å². The number of nitrogens with zero attached hydrogens (tertiary/aromatic N) is 1. The second kappa shape index (κ2) is 9.29. The largest absolute Gasteiger partial charge is 0.416 e. The number of H-pyrrole nitrogens is 1. The lowest BCUT2D eigenvalue weighted by atomic mass is 10.1. The molecule has 0 aliphatic carbocycles. The summed E-state index contributed by atoms with van der Waals surface area (Å²) < 4.78 is 39.5. The van der Waals surface area contributed by atoms with Gasteiger partial charge in [0.1, 0.15) is 6.54 Å². The molecule has 0 fully saturated rings. The highest BCUT2D eigenvalue weighted by molar-refractivity contribution is 6.05. The molecule has 0 unspecified atom stereocenters. The molecular formula is C24H17F3N4O4. The van der Waals surface area contributed by atoms with E-state index in [1.165, 1.54) is 48.5 Å². The van der Waals surface area contributed by atoms with E-state index in [1.54, 1.807) is 12.1 Å². The lowest BCUT2D eigenvalue weighted by Gasteiger charge is -2.11.